The molecule has 1 aromatic heterocycles. The van der Waals surface area contributed by atoms with Gasteiger partial charge in [-0.3, -0.25) is 0 Å². The number of nitrogens with one attached hydrogen (secondary N) is 2. The predicted molar refractivity (Wildman–Crippen MR) is 71.2 cm³/mol. The van der Waals surface area contributed by atoms with E-state index in [0.717, 1.165) is 0 Å². The van der Waals surface area contributed by atoms with E-state index in [9.17, 15) is 14.7 Å². The first-order valence-corrected chi connectivity index (χ1v) is 6.17. The van der Waals surface area contributed by atoms with E-state index in [-0.39, 0.29) is 6.54 Å². The van der Waals surface area contributed by atoms with Crippen molar-refractivity contribution in [2.45, 2.75) is 19.5 Å². The minimum Gasteiger partial charge on any atom is -0.479 e. The molecule has 21 heavy (non-hydrogen) atoms. The fourth-order valence-corrected chi connectivity index (χ4v) is 1.69. The normalized spacial score (nSPS) is 11.7. The van der Waals surface area contributed by atoms with Crippen molar-refractivity contribution in [3.63, 3.8) is 0 Å². The lowest BCUT2D eigenvalue weighted by Crippen LogP contribution is -2.40. The number of hydrogen-bond acceptors (Lipinski definition) is 5. The number of hydrogen-bond donors (Lipinski definition) is 3. The standard InChI is InChI=1S/C13H14N4O4/c1-8-15-10(17-21-8)7-14-13(20)16-11(12(18)19)9-5-3-2-4-6-9/h2-6,11H,7H2,1H3,(H,18,19)(H2,14,16,20). The fourth-order valence-electron chi connectivity index (χ4n) is 1.69. The average Bonchev–Trinajstić information content (AvgIpc) is 2.89. The molecule has 110 valence electrons. The first-order chi connectivity index (χ1) is 10.1. The second kappa shape index (κ2) is 6.51. The summed E-state index contributed by atoms with van der Waals surface area (Å²) in [6.07, 6.45) is 0. The Morgan fingerprint density at radius 1 is 1.33 bits per heavy atom. The van der Waals surface area contributed by atoms with Gasteiger partial charge in [0.05, 0.1) is 6.54 Å². The Morgan fingerprint density at radius 2 is 2.05 bits per heavy atom. The molecule has 0 aliphatic carbocycles. The molecular formula is C13H14N4O4. The monoisotopic (exact) mass is 290 g/mol. The molecule has 1 unspecified atom stereocenters. The van der Waals surface area contributed by atoms with Crippen LogP contribution < -0.4 is 10.6 Å². The Bertz CT molecular complexity index is 626. The van der Waals surface area contributed by atoms with Crippen LogP contribution in [0.15, 0.2) is 34.9 Å². The maximum absolute atomic E-state index is 11.7. The second-order valence-corrected chi connectivity index (χ2v) is 4.24. The van der Waals surface area contributed by atoms with Gasteiger partial charge in [-0.2, -0.15) is 4.98 Å². The molecule has 0 aliphatic heterocycles. The number of amides is 2. The van der Waals surface area contributed by atoms with Gasteiger partial charge in [-0.1, -0.05) is 35.5 Å². The molecule has 0 aliphatic rings. The molecule has 2 aromatic rings. The van der Waals surface area contributed by atoms with Crippen molar-refractivity contribution in [3.8, 4) is 0 Å². The molecule has 8 nitrogen and oxygen atoms in total. The second-order valence-electron chi connectivity index (χ2n) is 4.24. The van der Waals surface area contributed by atoms with Gasteiger partial charge in [0.25, 0.3) is 0 Å². The van der Waals surface area contributed by atoms with Crippen LogP contribution >= 0.6 is 0 Å². The van der Waals surface area contributed by atoms with Crippen molar-refractivity contribution in [3.05, 3.63) is 47.6 Å². The molecule has 2 amide bonds. The first-order valence-electron chi connectivity index (χ1n) is 6.17. The molecule has 1 heterocycles. The van der Waals surface area contributed by atoms with Crippen molar-refractivity contribution in [2.75, 3.05) is 0 Å². The largest absolute Gasteiger partial charge is 0.479 e. The zero-order valence-corrected chi connectivity index (χ0v) is 11.2. The van der Waals surface area contributed by atoms with Gasteiger partial charge in [0.1, 0.15) is 0 Å². The number of benzene rings is 1. The van der Waals surface area contributed by atoms with E-state index in [1.165, 1.54) is 0 Å². The number of carboxylic acid groups (broad SMARTS) is 1. The third-order valence-corrected chi connectivity index (χ3v) is 2.63. The van der Waals surface area contributed by atoms with Crippen LogP contribution in [0, 0.1) is 6.92 Å². The Hall–Kier alpha value is -2.90. The summed E-state index contributed by atoms with van der Waals surface area (Å²) in [6.45, 7) is 1.68. The van der Waals surface area contributed by atoms with E-state index in [2.05, 4.69) is 20.8 Å². The Morgan fingerprint density at radius 3 is 2.62 bits per heavy atom. The quantitative estimate of drug-likeness (QED) is 0.756. The van der Waals surface area contributed by atoms with Crippen LogP contribution in [-0.2, 0) is 11.3 Å². The van der Waals surface area contributed by atoms with Crippen LogP contribution in [-0.4, -0.2) is 27.2 Å². The van der Waals surface area contributed by atoms with Crippen molar-refractivity contribution in [1.82, 2.24) is 20.8 Å². The van der Waals surface area contributed by atoms with Crippen molar-refractivity contribution >= 4 is 12.0 Å². The predicted octanol–water partition coefficient (Wildman–Crippen LogP) is 1.00. The average molecular weight is 290 g/mol. The van der Waals surface area contributed by atoms with Gasteiger partial charge < -0.3 is 20.3 Å². The lowest BCUT2D eigenvalue weighted by molar-refractivity contribution is -0.139. The van der Waals surface area contributed by atoms with Gasteiger partial charge in [-0.25, -0.2) is 9.59 Å². The van der Waals surface area contributed by atoms with Gasteiger partial charge in [-0.05, 0) is 5.56 Å². The zero-order chi connectivity index (χ0) is 15.2. The number of aromatic nitrogens is 2. The highest BCUT2D eigenvalue weighted by atomic mass is 16.5. The number of rotatable bonds is 5. The van der Waals surface area contributed by atoms with E-state index >= 15 is 0 Å². The van der Waals surface area contributed by atoms with Crippen LogP contribution in [0.25, 0.3) is 0 Å². The summed E-state index contributed by atoms with van der Waals surface area (Å²) in [7, 11) is 0. The smallest absolute Gasteiger partial charge is 0.330 e. The number of carboxylic acids is 1. The molecule has 3 N–H and O–H groups in total. The highest BCUT2D eigenvalue weighted by Crippen LogP contribution is 2.12. The van der Waals surface area contributed by atoms with Crippen LogP contribution in [0.3, 0.4) is 0 Å². The number of nitrogens with zero attached hydrogens (tertiary/aromatic N) is 2. The lowest BCUT2D eigenvalue weighted by Gasteiger charge is -2.14. The van der Waals surface area contributed by atoms with Crippen LogP contribution in [0.1, 0.15) is 23.3 Å². The van der Waals surface area contributed by atoms with E-state index in [1.807, 2.05) is 0 Å². The molecule has 0 radical (unpaired) electrons. The van der Waals surface area contributed by atoms with Crippen molar-refractivity contribution in [2.24, 2.45) is 0 Å². The number of carbonyl (C=O) groups excluding carboxylic acids is 1. The van der Waals surface area contributed by atoms with Crippen LogP contribution in [0.5, 0.6) is 0 Å². The molecule has 8 heteroatoms. The van der Waals surface area contributed by atoms with E-state index in [1.54, 1.807) is 37.3 Å². The Balaban J connectivity index is 1.94. The summed E-state index contributed by atoms with van der Waals surface area (Å²) in [4.78, 5) is 26.9. The zero-order valence-electron chi connectivity index (χ0n) is 11.2. The van der Waals surface area contributed by atoms with E-state index in [4.69, 9.17) is 4.52 Å². The topological polar surface area (TPSA) is 117 Å². The lowest BCUT2D eigenvalue weighted by atomic mass is 10.1. The number of carbonyl (C=O) groups is 2. The molecule has 1 atom stereocenters. The van der Waals surface area contributed by atoms with E-state index in [0.29, 0.717) is 17.3 Å². The van der Waals surface area contributed by atoms with Crippen molar-refractivity contribution < 1.29 is 19.2 Å². The van der Waals surface area contributed by atoms with Crippen molar-refractivity contribution in [1.29, 1.82) is 0 Å². The molecule has 0 fully saturated rings. The number of urea groups is 1. The SMILES string of the molecule is Cc1nc(CNC(=O)NC(C(=O)O)c2ccccc2)no1. The van der Waals surface area contributed by atoms with Gasteiger partial charge in [-0.15, -0.1) is 0 Å². The number of aliphatic carboxylic acids is 1. The highest BCUT2D eigenvalue weighted by Gasteiger charge is 2.21. The van der Waals surface area contributed by atoms with Gasteiger partial charge in [0.15, 0.2) is 11.9 Å². The Kier molecular flexibility index (Phi) is 4.50. The molecule has 0 spiro atoms. The summed E-state index contributed by atoms with van der Waals surface area (Å²) >= 11 is 0. The molecule has 2 rings (SSSR count). The molecule has 1 aromatic carbocycles. The fraction of sp³-hybridized carbons (Fsp3) is 0.231. The maximum atomic E-state index is 11.7. The summed E-state index contributed by atoms with van der Waals surface area (Å²) in [5, 5.41) is 17.6. The third kappa shape index (κ3) is 4.03. The van der Waals surface area contributed by atoms with Gasteiger partial charge in [0.2, 0.25) is 5.89 Å². The summed E-state index contributed by atoms with van der Waals surface area (Å²) in [5.41, 5.74) is 0.482. The first kappa shape index (κ1) is 14.5. The van der Waals surface area contributed by atoms with Gasteiger partial charge in [0, 0.05) is 6.92 Å². The summed E-state index contributed by atoms with van der Waals surface area (Å²) in [6, 6.07) is 6.66. The molecule has 0 saturated heterocycles. The summed E-state index contributed by atoms with van der Waals surface area (Å²) in [5.74, 6) is -0.444. The third-order valence-electron chi connectivity index (χ3n) is 2.63. The summed E-state index contributed by atoms with van der Waals surface area (Å²) < 4.78 is 4.76. The maximum Gasteiger partial charge on any atom is 0.330 e. The van der Waals surface area contributed by atoms with Crippen LogP contribution in [0.2, 0.25) is 0 Å². The molecule has 0 bridgehead atoms. The molecule has 0 saturated carbocycles. The van der Waals surface area contributed by atoms with E-state index < -0.39 is 18.0 Å². The Labute approximate surface area is 120 Å². The van der Waals surface area contributed by atoms with Gasteiger partial charge >= 0.3 is 12.0 Å². The minimum absolute atomic E-state index is 0.0459. The number of aryl methyl sites for hydroxylation is 1. The molecular weight excluding hydrogens is 276 g/mol. The minimum atomic E-state index is -1.15. The highest BCUT2D eigenvalue weighted by molar-refractivity contribution is 5.83. The van der Waals surface area contributed by atoms with Crippen LogP contribution in [0.4, 0.5) is 4.79 Å².